The summed E-state index contributed by atoms with van der Waals surface area (Å²) in [6.45, 7) is 8.94. The number of fused-ring (bicyclic) bond motifs is 4. The van der Waals surface area contributed by atoms with Crippen LogP contribution >= 0.6 is 11.3 Å². The first-order valence-electron chi connectivity index (χ1n) is 9.56. The molecule has 0 N–H and O–H groups in total. The van der Waals surface area contributed by atoms with Crippen LogP contribution in [0, 0.1) is 6.92 Å². The highest BCUT2D eigenvalue weighted by molar-refractivity contribution is 7.18. The molecule has 0 spiro atoms. The molecule has 0 fully saturated rings. The first-order chi connectivity index (χ1) is 13.0. The molecule has 0 bridgehead atoms. The van der Waals surface area contributed by atoms with Gasteiger partial charge >= 0.3 is 0 Å². The molecule has 0 amide bonds. The lowest BCUT2D eigenvalue weighted by molar-refractivity contribution is 0.660. The van der Waals surface area contributed by atoms with E-state index < -0.39 is 0 Å². The van der Waals surface area contributed by atoms with Crippen LogP contribution in [0.25, 0.3) is 21.3 Å². The first-order valence-corrected chi connectivity index (χ1v) is 10.4. The van der Waals surface area contributed by atoms with Gasteiger partial charge in [0.15, 0.2) is 0 Å². The third-order valence-electron chi connectivity index (χ3n) is 5.38. The summed E-state index contributed by atoms with van der Waals surface area (Å²) < 4.78 is 1.30. The topological polar surface area (TPSA) is 12.9 Å². The Labute approximate surface area is 165 Å². The monoisotopic (exact) mass is 371 g/mol. The van der Waals surface area contributed by atoms with Crippen molar-refractivity contribution < 1.29 is 0 Å². The van der Waals surface area contributed by atoms with Crippen molar-refractivity contribution in [3.05, 3.63) is 88.4 Å². The fourth-order valence-electron chi connectivity index (χ4n) is 3.89. The van der Waals surface area contributed by atoms with E-state index in [1.54, 1.807) is 11.3 Å². The molecule has 1 aliphatic rings. The fourth-order valence-corrected chi connectivity index (χ4v) is 4.80. The van der Waals surface area contributed by atoms with Gasteiger partial charge in [0.2, 0.25) is 0 Å². The van der Waals surface area contributed by atoms with Gasteiger partial charge in [0.25, 0.3) is 0 Å². The predicted octanol–water partition coefficient (Wildman–Crippen LogP) is 7.16. The predicted molar refractivity (Wildman–Crippen MR) is 118 cm³/mol. The summed E-state index contributed by atoms with van der Waals surface area (Å²) in [4.78, 5) is 4.45. The molecule has 0 saturated heterocycles. The number of aryl methyl sites for hydroxylation is 2. The average molecular weight is 372 g/mol. The van der Waals surface area contributed by atoms with Crippen LogP contribution in [0.1, 0.15) is 42.5 Å². The largest absolute Gasteiger partial charge is 0.241 e. The highest BCUT2D eigenvalue weighted by atomic mass is 32.1. The van der Waals surface area contributed by atoms with E-state index >= 15 is 0 Å². The lowest BCUT2D eigenvalue weighted by Gasteiger charge is -2.21. The summed E-state index contributed by atoms with van der Waals surface area (Å²) >= 11 is 1.79. The second kappa shape index (κ2) is 6.94. The van der Waals surface area contributed by atoms with E-state index in [9.17, 15) is 0 Å². The Morgan fingerprint density at radius 1 is 0.852 bits per heavy atom. The second-order valence-corrected chi connectivity index (χ2v) is 8.76. The van der Waals surface area contributed by atoms with Crippen molar-refractivity contribution >= 4 is 21.6 Å². The lowest BCUT2D eigenvalue weighted by atomic mass is 9.82. The van der Waals surface area contributed by atoms with Crippen molar-refractivity contribution in [1.82, 2.24) is 4.98 Å². The standard InChI is InChI=1S/C16H16.C9H9NS/c1-11-8-9-13-12-6-4-5-7-14(12)16(2,3)15(13)10-11;1-2-9-10-7-5-3-4-6-8(7)11-9/h4-10H,1-3H3;3-6H,2H2,1H3. The third-order valence-corrected chi connectivity index (χ3v) is 6.56. The van der Waals surface area contributed by atoms with Gasteiger partial charge in [-0.05, 0) is 47.7 Å². The van der Waals surface area contributed by atoms with E-state index in [1.165, 1.54) is 37.5 Å². The Kier molecular flexibility index (Phi) is 4.61. The van der Waals surface area contributed by atoms with Crippen LogP contribution in [0.4, 0.5) is 0 Å². The molecule has 0 aliphatic heterocycles. The molecule has 3 aromatic carbocycles. The molecular formula is C25H25NS. The van der Waals surface area contributed by atoms with Gasteiger partial charge in [0, 0.05) is 5.41 Å². The summed E-state index contributed by atoms with van der Waals surface area (Å²) in [5.74, 6) is 0. The molecule has 2 heteroatoms. The van der Waals surface area contributed by atoms with Crippen molar-refractivity contribution in [3.63, 3.8) is 0 Å². The average Bonchev–Trinajstić information content (AvgIpc) is 3.20. The highest BCUT2D eigenvalue weighted by Crippen LogP contribution is 2.48. The second-order valence-electron chi connectivity index (χ2n) is 7.65. The maximum atomic E-state index is 4.45. The molecule has 136 valence electrons. The van der Waals surface area contributed by atoms with E-state index in [-0.39, 0.29) is 5.41 Å². The number of para-hydroxylation sites is 1. The highest BCUT2D eigenvalue weighted by Gasteiger charge is 2.34. The van der Waals surface area contributed by atoms with E-state index in [0.29, 0.717) is 0 Å². The molecule has 1 nitrogen and oxygen atoms in total. The number of benzene rings is 3. The molecule has 0 saturated carbocycles. The maximum Gasteiger partial charge on any atom is 0.0935 e. The van der Waals surface area contributed by atoms with Crippen LogP contribution in [0.3, 0.4) is 0 Å². The zero-order valence-corrected chi connectivity index (χ0v) is 17.2. The summed E-state index contributed by atoms with van der Waals surface area (Å²) in [7, 11) is 0. The van der Waals surface area contributed by atoms with Crippen LogP contribution in [-0.4, -0.2) is 4.98 Å². The van der Waals surface area contributed by atoms with Crippen molar-refractivity contribution in [2.24, 2.45) is 0 Å². The Morgan fingerprint density at radius 3 is 2.33 bits per heavy atom. The van der Waals surface area contributed by atoms with Gasteiger partial charge in [-0.3, -0.25) is 0 Å². The van der Waals surface area contributed by atoms with E-state index in [2.05, 4.69) is 93.3 Å². The Morgan fingerprint density at radius 2 is 1.56 bits per heavy atom. The minimum atomic E-state index is 0.151. The number of nitrogens with zero attached hydrogens (tertiary/aromatic N) is 1. The SMILES string of the molecule is CCc1nc2ccccc2s1.Cc1ccc2c(c1)C(C)(C)c1ccccc1-2. The Balaban J connectivity index is 0.000000143. The molecule has 27 heavy (non-hydrogen) atoms. The fraction of sp³-hybridized carbons (Fsp3) is 0.240. The van der Waals surface area contributed by atoms with Gasteiger partial charge < -0.3 is 0 Å². The van der Waals surface area contributed by atoms with E-state index in [0.717, 1.165) is 11.9 Å². The summed E-state index contributed by atoms with van der Waals surface area (Å²) in [5, 5.41) is 1.23. The minimum absolute atomic E-state index is 0.151. The van der Waals surface area contributed by atoms with Crippen LogP contribution in [0.5, 0.6) is 0 Å². The van der Waals surface area contributed by atoms with Gasteiger partial charge in [0.1, 0.15) is 0 Å². The smallest absolute Gasteiger partial charge is 0.0935 e. The number of hydrogen-bond acceptors (Lipinski definition) is 2. The molecule has 1 aromatic heterocycles. The van der Waals surface area contributed by atoms with Crippen LogP contribution in [0.2, 0.25) is 0 Å². The molecule has 0 unspecified atom stereocenters. The molecule has 4 aromatic rings. The lowest BCUT2D eigenvalue weighted by Crippen LogP contribution is -2.14. The van der Waals surface area contributed by atoms with Crippen LogP contribution < -0.4 is 0 Å². The molecular weight excluding hydrogens is 346 g/mol. The first kappa shape index (κ1) is 17.9. The summed E-state index contributed by atoms with van der Waals surface area (Å²) in [6.07, 6.45) is 1.04. The van der Waals surface area contributed by atoms with Crippen molar-refractivity contribution in [2.75, 3.05) is 0 Å². The zero-order valence-electron chi connectivity index (χ0n) is 16.4. The number of hydrogen-bond donors (Lipinski definition) is 0. The zero-order chi connectivity index (χ0) is 19.0. The number of aromatic nitrogens is 1. The van der Waals surface area contributed by atoms with Gasteiger partial charge in [0.05, 0.1) is 15.2 Å². The molecule has 1 heterocycles. The minimum Gasteiger partial charge on any atom is -0.241 e. The van der Waals surface area contributed by atoms with E-state index in [4.69, 9.17) is 0 Å². The maximum absolute atomic E-state index is 4.45. The van der Waals surface area contributed by atoms with Gasteiger partial charge in [-0.25, -0.2) is 4.98 Å². The van der Waals surface area contributed by atoms with Crippen molar-refractivity contribution in [1.29, 1.82) is 0 Å². The Bertz CT molecular complexity index is 1070. The number of rotatable bonds is 1. The van der Waals surface area contributed by atoms with Crippen molar-refractivity contribution in [2.45, 2.75) is 39.5 Å². The summed E-state index contributed by atoms with van der Waals surface area (Å²) in [5.41, 5.74) is 8.37. The van der Waals surface area contributed by atoms with Gasteiger partial charge in [-0.15, -0.1) is 11.3 Å². The van der Waals surface area contributed by atoms with Crippen LogP contribution in [0.15, 0.2) is 66.7 Å². The number of thiazole rings is 1. The quantitative estimate of drug-likeness (QED) is 0.346. The van der Waals surface area contributed by atoms with E-state index in [1.807, 2.05) is 6.07 Å². The summed E-state index contributed by atoms with van der Waals surface area (Å²) in [6, 6.07) is 23.8. The molecule has 5 rings (SSSR count). The molecule has 0 atom stereocenters. The third kappa shape index (κ3) is 3.19. The molecule has 0 radical (unpaired) electrons. The molecule has 1 aliphatic carbocycles. The van der Waals surface area contributed by atoms with Gasteiger partial charge in [-0.2, -0.15) is 0 Å². The normalized spacial score (nSPS) is 13.6. The van der Waals surface area contributed by atoms with Crippen molar-refractivity contribution in [3.8, 4) is 11.1 Å². The van der Waals surface area contributed by atoms with Gasteiger partial charge in [-0.1, -0.05) is 80.9 Å². The Hall–Kier alpha value is -2.45. The van der Waals surface area contributed by atoms with Crippen LogP contribution in [-0.2, 0) is 11.8 Å².